The fraction of sp³-hybridized carbons (Fsp3) is 0.276. The van der Waals surface area contributed by atoms with Gasteiger partial charge >= 0.3 is 11.9 Å². The first-order chi connectivity index (χ1) is 19.9. The van der Waals surface area contributed by atoms with Crippen LogP contribution in [-0.4, -0.2) is 54.8 Å². The lowest BCUT2D eigenvalue weighted by molar-refractivity contribution is -0.157. The van der Waals surface area contributed by atoms with E-state index < -0.39 is 35.4 Å². The smallest absolute Gasteiger partial charge is 0.329 e. The van der Waals surface area contributed by atoms with Gasteiger partial charge in [-0.05, 0) is 76.0 Å². The number of carboxylic acid groups (broad SMARTS) is 1. The molecule has 4 N–H and O–H groups in total. The van der Waals surface area contributed by atoms with Crippen LogP contribution in [0.2, 0.25) is 0 Å². The van der Waals surface area contributed by atoms with Gasteiger partial charge in [-0.25, -0.2) is 9.78 Å². The number of carbonyl (C=O) groups is 4. The maximum atomic E-state index is 13.3. The van der Waals surface area contributed by atoms with Crippen molar-refractivity contribution in [2.75, 3.05) is 10.6 Å². The molecule has 1 atom stereocenters. The maximum Gasteiger partial charge on any atom is 0.329 e. The molecule has 0 radical (unpaired) electrons. The number of hydrogen-bond donors (Lipinski definition) is 4. The number of nitrogens with zero attached hydrogens (tertiary/aromatic N) is 3. The molecule has 12 nitrogen and oxygen atoms in total. The van der Waals surface area contributed by atoms with Crippen LogP contribution in [0.15, 0.2) is 54.7 Å². The van der Waals surface area contributed by atoms with Crippen LogP contribution >= 0.6 is 11.5 Å². The predicted octanol–water partition coefficient (Wildman–Crippen LogP) is 4.70. The topological polar surface area (TPSA) is 172 Å². The van der Waals surface area contributed by atoms with Crippen LogP contribution in [0.1, 0.15) is 60.0 Å². The van der Waals surface area contributed by atoms with E-state index in [0.29, 0.717) is 33.3 Å². The number of fused-ring (bicyclic) bond motifs is 1. The SMILES string of the molecule is Cc1nsc(Nc2cnc3ccccc3n2)c1C(=O)Nc1cccc(C(=O)N[C@@H](CCC(=O)O)C(=O)OC(C)(C)C)c1. The third-order valence-electron chi connectivity index (χ3n) is 5.81. The minimum Gasteiger partial charge on any atom is -0.481 e. The summed E-state index contributed by atoms with van der Waals surface area (Å²) in [6.45, 7) is 6.73. The summed E-state index contributed by atoms with van der Waals surface area (Å²) in [5, 5.41) is 18.0. The Balaban J connectivity index is 1.48. The van der Waals surface area contributed by atoms with Gasteiger partial charge in [-0.1, -0.05) is 18.2 Å². The number of hydrogen-bond acceptors (Lipinski definition) is 10. The molecule has 2 amide bonds. The van der Waals surface area contributed by atoms with Crippen LogP contribution in [-0.2, 0) is 14.3 Å². The lowest BCUT2D eigenvalue weighted by atomic mass is 10.1. The number of ether oxygens (including phenoxy) is 1. The molecule has 218 valence electrons. The highest BCUT2D eigenvalue weighted by Crippen LogP contribution is 2.29. The highest BCUT2D eigenvalue weighted by Gasteiger charge is 2.28. The van der Waals surface area contributed by atoms with E-state index in [1.165, 1.54) is 12.1 Å². The number of rotatable bonds is 10. The van der Waals surface area contributed by atoms with Gasteiger partial charge in [0.25, 0.3) is 11.8 Å². The molecule has 13 heteroatoms. The summed E-state index contributed by atoms with van der Waals surface area (Å²) in [4.78, 5) is 59.0. The molecule has 0 bridgehead atoms. The standard InChI is InChI=1S/C29H30N6O6S/c1-16-24(27(42-35-16)34-22-15-30-19-10-5-6-11-20(19)32-22)26(39)31-18-9-7-8-17(14-18)25(38)33-21(12-13-23(36)37)28(40)41-29(2,3)4/h5-11,14-15,21H,12-13H2,1-4H3,(H,31,39)(H,32,34)(H,33,38)(H,36,37)/t21-/m0/s1. The fourth-order valence-electron chi connectivity index (χ4n) is 3.92. The average molecular weight is 591 g/mol. The van der Waals surface area contributed by atoms with Gasteiger partial charge in [0, 0.05) is 17.7 Å². The largest absolute Gasteiger partial charge is 0.481 e. The third kappa shape index (κ3) is 7.85. The summed E-state index contributed by atoms with van der Waals surface area (Å²) in [6, 6.07) is 12.4. The lowest BCUT2D eigenvalue weighted by Gasteiger charge is -2.24. The minimum atomic E-state index is -1.17. The fourth-order valence-corrected chi connectivity index (χ4v) is 4.72. The Morgan fingerprint density at radius 2 is 1.76 bits per heavy atom. The van der Waals surface area contributed by atoms with Crippen LogP contribution in [0.3, 0.4) is 0 Å². The van der Waals surface area contributed by atoms with Crippen molar-refractivity contribution in [3.63, 3.8) is 0 Å². The van der Waals surface area contributed by atoms with E-state index in [4.69, 9.17) is 9.84 Å². The van der Waals surface area contributed by atoms with Gasteiger partial charge in [-0.3, -0.25) is 19.4 Å². The number of esters is 1. The van der Waals surface area contributed by atoms with E-state index in [0.717, 1.165) is 17.0 Å². The predicted molar refractivity (Wildman–Crippen MR) is 158 cm³/mol. The molecular weight excluding hydrogens is 560 g/mol. The number of nitrogens with one attached hydrogen (secondary N) is 3. The zero-order valence-electron chi connectivity index (χ0n) is 23.4. The minimum absolute atomic E-state index is 0.145. The molecule has 2 aromatic carbocycles. The second kappa shape index (κ2) is 12.7. The van der Waals surface area contributed by atoms with Crippen molar-refractivity contribution in [2.45, 2.75) is 52.2 Å². The van der Waals surface area contributed by atoms with E-state index in [2.05, 4.69) is 30.3 Å². The Labute approximate surface area is 245 Å². The molecular formula is C29H30N6O6S. The van der Waals surface area contributed by atoms with Crippen LogP contribution in [0, 0.1) is 6.92 Å². The summed E-state index contributed by atoms with van der Waals surface area (Å²) in [5.74, 6) is -2.48. The number of aliphatic carboxylic acids is 1. The lowest BCUT2D eigenvalue weighted by Crippen LogP contribution is -2.44. The van der Waals surface area contributed by atoms with Gasteiger partial charge in [-0.2, -0.15) is 4.37 Å². The molecule has 42 heavy (non-hydrogen) atoms. The van der Waals surface area contributed by atoms with Gasteiger partial charge < -0.3 is 25.8 Å². The van der Waals surface area contributed by atoms with E-state index >= 15 is 0 Å². The number of aromatic nitrogens is 3. The number of benzene rings is 2. The van der Waals surface area contributed by atoms with Crippen molar-refractivity contribution < 1.29 is 29.0 Å². The van der Waals surface area contributed by atoms with Crippen LogP contribution in [0.5, 0.6) is 0 Å². The van der Waals surface area contributed by atoms with Crippen LogP contribution in [0.25, 0.3) is 11.0 Å². The maximum absolute atomic E-state index is 13.3. The normalized spacial score (nSPS) is 11.9. The Morgan fingerprint density at radius 1 is 1.02 bits per heavy atom. The number of aryl methyl sites for hydroxylation is 1. The molecule has 4 aromatic rings. The van der Waals surface area contributed by atoms with Gasteiger partial charge in [0.05, 0.1) is 28.5 Å². The van der Waals surface area contributed by atoms with Crippen molar-refractivity contribution in [3.8, 4) is 0 Å². The Hall–Kier alpha value is -4.91. The van der Waals surface area contributed by atoms with Gasteiger partial charge in [0.2, 0.25) is 0 Å². The summed E-state index contributed by atoms with van der Waals surface area (Å²) >= 11 is 1.10. The van der Waals surface area contributed by atoms with Crippen molar-refractivity contribution in [3.05, 3.63) is 71.5 Å². The van der Waals surface area contributed by atoms with Crippen molar-refractivity contribution in [1.82, 2.24) is 19.7 Å². The monoisotopic (exact) mass is 590 g/mol. The molecule has 0 fully saturated rings. The number of carbonyl (C=O) groups excluding carboxylic acids is 3. The van der Waals surface area contributed by atoms with Gasteiger partial charge in [0.15, 0.2) is 0 Å². The van der Waals surface area contributed by atoms with Crippen molar-refractivity contribution in [2.24, 2.45) is 0 Å². The second-order valence-electron chi connectivity index (χ2n) is 10.4. The molecule has 0 aliphatic rings. The quantitative estimate of drug-likeness (QED) is 0.190. The summed E-state index contributed by atoms with van der Waals surface area (Å²) < 4.78 is 9.66. The second-order valence-corrected chi connectivity index (χ2v) is 11.1. The highest BCUT2D eigenvalue weighted by atomic mass is 32.1. The van der Waals surface area contributed by atoms with E-state index in [1.54, 1.807) is 46.0 Å². The molecule has 2 aromatic heterocycles. The average Bonchev–Trinajstić information content (AvgIpc) is 3.29. The molecule has 0 unspecified atom stereocenters. The molecule has 4 rings (SSSR count). The van der Waals surface area contributed by atoms with E-state index in [9.17, 15) is 19.2 Å². The number of amides is 2. The third-order valence-corrected chi connectivity index (χ3v) is 6.66. The summed E-state index contributed by atoms with van der Waals surface area (Å²) in [5.41, 5.74) is 1.91. The molecule has 0 saturated carbocycles. The van der Waals surface area contributed by atoms with E-state index in [1.807, 2.05) is 24.3 Å². The van der Waals surface area contributed by atoms with E-state index in [-0.39, 0.29) is 18.4 Å². The molecule has 0 saturated heterocycles. The zero-order chi connectivity index (χ0) is 30.4. The Bertz CT molecular complexity index is 1650. The number of carboxylic acids is 1. The number of anilines is 3. The Morgan fingerprint density at radius 3 is 2.48 bits per heavy atom. The van der Waals surface area contributed by atoms with Crippen molar-refractivity contribution >= 4 is 62.8 Å². The zero-order valence-corrected chi connectivity index (χ0v) is 24.2. The number of para-hydroxylation sites is 2. The van der Waals surface area contributed by atoms with Crippen LogP contribution in [0.4, 0.5) is 16.5 Å². The summed E-state index contributed by atoms with van der Waals surface area (Å²) in [7, 11) is 0. The first-order valence-electron chi connectivity index (χ1n) is 13.0. The highest BCUT2D eigenvalue weighted by molar-refractivity contribution is 7.10. The molecule has 0 aliphatic carbocycles. The molecule has 0 aliphatic heterocycles. The first kappa shape index (κ1) is 30.1. The van der Waals surface area contributed by atoms with Crippen molar-refractivity contribution in [1.29, 1.82) is 0 Å². The summed E-state index contributed by atoms with van der Waals surface area (Å²) in [6.07, 6.45) is 1.09. The van der Waals surface area contributed by atoms with Gasteiger partial charge in [0.1, 0.15) is 22.5 Å². The molecule has 0 spiro atoms. The Kier molecular flexibility index (Phi) is 9.11. The first-order valence-corrected chi connectivity index (χ1v) is 13.8. The molecule has 2 heterocycles. The van der Waals surface area contributed by atoms with Gasteiger partial charge in [-0.15, -0.1) is 0 Å². The van der Waals surface area contributed by atoms with Crippen LogP contribution < -0.4 is 16.0 Å².